The number of aryl methyl sites for hydroxylation is 1. The van der Waals surface area contributed by atoms with Crippen molar-refractivity contribution >= 4 is 29.0 Å². The second-order valence-electron chi connectivity index (χ2n) is 10.1. The van der Waals surface area contributed by atoms with Crippen LogP contribution in [0.15, 0.2) is 74.0 Å². The summed E-state index contributed by atoms with van der Waals surface area (Å²) in [7, 11) is 3.09. The van der Waals surface area contributed by atoms with E-state index < -0.39 is 11.0 Å². The van der Waals surface area contributed by atoms with Gasteiger partial charge in [0.05, 0.1) is 34.9 Å². The molecule has 0 radical (unpaired) electrons. The summed E-state index contributed by atoms with van der Waals surface area (Å²) in [6, 6.07) is 12.4. The maximum Gasteiger partial charge on any atom is 0.271 e. The summed E-state index contributed by atoms with van der Waals surface area (Å²) in [6.07, 6.45) is 1.62. The van der Waals surface area contributed by atoms with E-state index in [2.05, 4.69) is 0 Å². The number of ether oxygens (including phenoxy) is 2. The molecule has 0 unspecified atom stereocenters. The Kier molecular flexibility index (Phi) is 8.54. The molecule has 44 heavy (non-hydrogen) atoms. The molecule has 0 saturated carbocycles. The van der Waals surface area contributed by atoms with Crippen LogP contribution in [-0.4, -0.2) is 47.6 Å². The van der Waals surface area contributed by atoms with Crippen LogP contribution in [0.25, 0.3) is 17.4 Å². The van der Waals surface area contributed by atoms with E-state index >= 15 is 0 Å². The quantitative estimate of drug-likeness (QED) is 0.199. The van der Waals surface area contributed by atoms with Gasteiger partial charge in [-0.15, -0.1) is 0 Å². The van der Waals surface area contributed by atoms with Crippen LogP contribution in [0.4, 0.5) is 5.69 Å². The topological polar surface area (TPSA) is 129 Å². The number of fused-ring (bicyclic) bond motifs is 1. The van der Waals surface area contributed by atoms with Crippen molar-refractivity contribution in [3.63, 3.8) is 0 Å². The normalized spacial score (nSPS) is 14.7. The molecule has 2 aromatic heterocycles. The van der Waals surface area contributed by atoms with Gasteiger partial charge in [0.2, 0.25) is 0 Å². The number of nitro benzene ring substituents is 1. The van der Waals surface area contributed by atoms with E-state index in [9.17, 15) is 19.7 Å². The number of furan rings is 1. The van der Waals surface area contributed by atoms with Crippen molar-refractivity contribution in [1.82, 2.24) is 9.47 Å². The van der Waals surface area contributed by atoms with Gasteiger partial charge in [-0.25, -0.2) is 4.99 Å². The molecule has 0 saturated heterocycles. The smallest absolute Gasteiger partial charge is 0.271 e. The van der Waals surface area contributed by atoms with Crippen LogP contribution in [0.1, 0.15) is 43.7 Å². The number of non-ortho nitro benzene ring substituents is 1. The first-order valence-corrected chi connectivity index (χ1v) is 14.8. The Morgan fingerprint density at radius 2 is 1.86 bits per heavy atom. The summed E-state index contributed by atoms with van der Waals surface area (Å²) in [5.74, 6) is 1.65. The monoisotopic (exact) mass is 616 g/mol. The predicted molar refractivity (Wildman–Crippen MR) is 167 cm³/mol. The van der Waals surface area contributed by atoms with Gasteiger partial charge in [0.15, 0.2) is 4.80 Å². The first-order valence-electron chi connectivity index (χ1n) is 14.0. The fourth-order valence-electron chi connectivity index (χ4n) is 5.32. The van der Waals surface area contributed by atoms with E-state index in [1.165, 1.54) is 35.1 Å². The summed E-state index contributed by atoms with van der Waals surface area (Å²) >= 11 is 1.18. The van der Waals surface area contributed by atoms with Crippen molar-refractivity contribution in [2.45, 2.75) is 33.7 Å². The van der Waals surface area contributed by atoms with Crippen molar-refractivity contribution in [3.05, 3.63) is 106 Å². The average molecular weight is 617 g/mol. The highest BCUT2D eigenvalue weighted by Gasteiger charge is 2.36. The van der Waals surface area contributed by atoms with E-state index in [0.717, 1.165) is 5.56 Å². The number of nitro groups is 1. The van der Waals surface area contributed by atoms with Crippen LogP contribution in [0.5, 0.6) is 11.5 Å². The van der Waals surface area contributed by atoms with Gasteiger partial charge in [0.25, 0.3) is 17.2 Å². The highest BCUT2D eigenvalue weighted by molar-refractivity contribution is 7.07. The van der Waals surface area contributed by atoms with Crippen LogP contribution in [0, 0.1) is 17.0 Å². The van der Waals surface area contributed by atoms with E-state index in [0.29, 0.717) is 67.8 Å². The molecule has 12 heteroatoms. The number of allylic oxidation sites excluding steroid dienone is 1. The van der Waals surface area contributed by atoms with Gasteiger partial charge >= 0.3 is 0 Å². The first-order chi connectivity index (χ1) is 21.1. The molecule has 0 bridgehead atoms. The Morgan fingerprint density at radius 1 is 1.11 bits per heavy atom. The standard InChI is InChI=1S/C32H32N4O7S/c1-7-34(8-2)31(38)28-19(4)33-32-35(29(28)24-16-21(41-5)11-13-25(24)42-6)30(37)27(44-32)17-22-12-14-26(43-22)23-15-20(36(39)40)10-9-18(23)3/h9-17,29H,7-8H2,1-6H3/b27-17+/t29-/m1/s1. The van der Waals surface area contributed by atoms with Crippen molar-refractivity contribution in [3.8, 4) is 22.8 Å². The molecule has 2 aromatic carbocycles. The van der Waals surface area contributed by atoms with Crippen LogP contribution in [0.3, 0.4) is 0 Å². The second kappa shape index (κ2) is 12.3. The van der Waals surface area contributed by atoms with E-state index in [-0.39, 0.29) is 17.2 Å². The molecule has 0 spiro atoms. The Hall–Kier alpha value is -4.97. The SMILES string of the molecule is CCN(CC)C(=O)C1=C(C)N=c2s/c(=C/c3ccc(-c4cc([N+](=O)[O-])ccc4C)o3)c(=O)n2[C@@H]1c1cc(OC)ccc1OC. The molecular weight excluding hydrogens is 584 g/mol. The molecule has 0 N–H and O–H groups in total. The van der Waals surface area contributed by atoms with Crippen molar-refractivity contribution in [1.29, 1.82) is 0 Å². The van der Waals surface area contributed by atoms with E-state index in [1.54, 1.807) is 61.4 Å². The minimum absolute atomic E-state index is 0.0461. The zero-order valence-electron chi connectivity index (χ0n) is 25.2. The number of nitrogens with zero attached hydrogens (tertiary/aromatic N) is 4. The maximum atomic E-state index is 14.1. The van der Waals surface area contributed by atoms with Gasteiger partial charge in [-0.2, -0.15) is 0 Å². The Morgan fingerprint density at radius 3 is 2.52 bits per heavy atom. The Bertz CT molecular complexity index is 1980. The lowest BCUT2D eigenvalue weighted by Crippen LogP contribution is -2.43. The summed E-state index contributed by atoms with van der Waals surface area (Å²) in [4.78, 5) is 45.8. The number of carbonyl (C=O) groups excluding carboxylic acids is 1. The highest BCUT2D eigenvalue weighted by Crippen LogP contribution is 2.38. The predicted octanol–water partition coefficient (Wildman–Crippen LogP) is 4.60. The van der Waals surface area contributed by atoms with Crippen LogP contribution < -0.4 is 24.4 Å². The number of benzene rings is 2. The molecule has 0 aliphatic carbocycles. The van der Waals surface area contributed by atoms with Gasteiger partial charge in [-0.3, -0.25) is 24.3 Å². The number of amides is 1. The number of likely N-dealkylation sites (N-methyl/N-ethyl adjacent to an activating group) is 1. The molecule has 0 fully saturated rings. The van der Waals surface area contributed by atoms with Gasteiger partial charge < -0.3 is 18.8 Å². The highest BCUT2D eigenvalue weighted by atomic mass is 32.1. The van der Waals surface area contributed by atoms with Crippen molar-refractivity contribution in [2.75, 3.05) is 27.3 Å². The first kappa shape index (κ1) is 30.5. The molecule has 1 amide bonds. The molecule has 1 atom stereocenters. The molecule has 3 heterocycles. The second-order valence-corrected chi connectivity index (χ2v) is 11.1. The van der Waals surface area contributed by atoms with Gasteiger partial charge in [-0.05, 0) is 63.6 Å². The average Bonchev–Trinajstić information content (AvgIpc) is 3.60. The molecule has 1 aliphatic heterocycles. The van der Waals surface area contributed by atoms with Crippen molar-refractivity contribution < 1.29 is 23.6 Å². The van der Waals surface area contributed by atoms with Gasteiger partial charge in [0.1, 0.15) is 29.1 Å². The number of thiazole rings is 1. The molecule has 228 valence electrons. The lowest BCUT2D eigenvalue weighted by atomic mass is 9.93. The third kappa shape index (κ3) is 5.44. The summed E-state index contributed by atoms with van der Waals surface area (Å²) in [5.41, 5.74) is 2.46. The number of aromatic nitrogens is 1. The fraction of sp³-hybridized carbons (Fsp3) is 0.281. The summed E-state index contributed by atoms with van der Waals surface area (Å²) in [6.45, 7) is 8.40. The van der Waals surface area contributed by atoms with Crippen molar-refractivity contribution in [2.24, 2.45) is 4.99 Å². The number of rotatable bonds is 9. The Labute approximate surface area is 257 Å². The van der Waals surface area contributed by atoms with Gasteiger partial charge in [-0.1, -0.05) is 17.4 Å². The Balaban J connectivity index is 1.69. The third-order valence-corrected chi connectivity index (χ3v) is 8.61. The minimum Gasteiger partial charge on any atom is -0.497 e. The summed E-state index contributed by atoms with van der Waals surface area (Å²) in [5, 5.41) is 11.3. The largest absolute Gasteiger partial charge is 0.497 e. The zero-order valence-corrected chi connectivity index (χ0v) is 26.1. The van der Waals surface area contributed by atoms with Crippen LogP contribution in [0.2, 0.25) is 0 Å². The third-order valence-electron chi connectivity index (χ3n) is 7.63. The number of carbonyl (C=O) groups is 1. The maximum absolute atomic E-state index is 14.1. The lowest BCUT2D eigenvalue weighted by Gasteiger charge is -2.30. The number of hydrogen-bond donors (Lipinski definition) is 0. The molecule has 1 aliphatic rings. The van der Waals surface area contributed by atoms with Crippen LogP contribution >= 0.6 is 11.3 Å². The zero-order chi connectivity index (χ0) is 31.7. The minimum atomic E-state index is -0.828. The molecule has 11 nitrogen and oxygen atoms in total. The molecule has 4 aromatic rings. The van der Waals surface area contributed by atoms with E-state index in [4.69, 9.17) is 18.9 Å². The molecule has 5 rings (SSSR count). The lowest BCUT2D eigenvalue weighted by molar-refractivity contribution is -0.384. The number of methoxy groups -OCH3 is 2. The fourth-order valence-corrected chi connectivity index (χ4v) is 6.34. The van der Waals surface area contributed by atoms with E-state index in [1.807, 2.05) is 20.8 Å². The summed E-state index contributed by atoms with van der Waals surface area (Å²) < 4.78 is 19.1. The number of hydrogen-bond acceptors (Lipinski definition) is 9. The molecular formula is C32H32N4O7S. The van der Waals surface area contributed by atoms with Gasteiger partial charge in [0, 0.05) is 42.4 Å². The van der Waals surface area contributed by atoms with Crippen LogP contribution in [-0.2, 0) is 4.79 Å².